The van der Waals surface area contributed by atoms with Crippen molar-refractivity contribution in [2.24, 2.45) is 5.41 Å². The molecule has 2 fully saturated rings. The van der Waals surface area contributed by atoms with Gasteiger partial charge in [-0.25, -0.2) is 9.97 Å². The van der Waals surface area contributed by atoms with Crippen LogP contribution in [-0.2, 0) is 9.53 Å². The molecule has 120 valence electrons. The molecule has 1 amide bonds. The Hall–Kier alpha value is -1.69. The van der Waals surface area contributed by atoms with Crippen molar-refractivity contribution in [2.75, 3.05) is 38.7 Å². The number of ether oxygens (including phenoxy) is 1. The Labute approximate surface area is 131 Å². The standard InChI is InChI=1S/C16H24N4O2/c1-12-8-17-15(18-9-12)20-6-4-5-16(10-20)7-13(22-11-16)14(21)19(2)3/h8-9,13H,4-7,10-11H2,1-3H3/t13-,16-/m1/s1. The van der Waals surface area contributed by atoms with Crippen molar-refractivity contribution in [2.45, 2.75) is 32.3 Å². The van der Waals surface area contributed by atoms with Crippen LogP contribution >= 0.6 is 0 Å². The van der Waals surface area contributed by atoms with Crippen molar-refractivity contribution in [3.8, 4) is 0 Å². The predicted octanol–water partition coefficient (Wildman–Crippen LogP) is 1.25. The lowest BCUT2D eigenvalue weighted by atomic mass is 9.78. The van der Waals surface area contributed by atoms with Gasteiger partial charge in [-0.15, -0.1) is 0 Å². The maximum absolute atomic E-state index is 12.1. The molecule has 0 radical (unpaired) electrons. The second kappa shape index (κ2) is 5.83. The van der Waals surface area contributed by atoms with E-state index >= 15 is 0 Å². The third-order valence-corrected chi connectivity index (χ3v) is 4.64. The van der Waals surface area contributed by atoms with Gasteiger partial charge in [0.15, 0.2) is 0 Å². The Morgan fingerprint density at radius 2 is 2.14 bits per heavy atom. The minimum atomic E-state index is -0.297. The van der Waals surface area contributed by atoms with Crippen molar-refractivity contribution in [1.82, 2.24) is 14.9 Å². The van der Waals surface area contributed by atoms with Crippen molar-refractivity contribution >= 4 is 11.9 Å². The molecule has 0 saturated carbocycles. The smallest absolute Gasteiger partial charge is 0.251 e. The number of nitrogens with zero attached hydrogens (tertiary/aromatic N) is 4. The van der Waals surface area contributed by atoms with Crippen molar-refractivity contribution in [1.29, 1.82) is 0 Å². The number of carbonyl (C=O) groups is 1. The summed E-state index contributed by atoms with van der Waals surface area (Å²) in [5.41, 5.74) is 1.12. The van der Waals surface area contributed by atoms with Crippen molar-refractivity contribution in [3.05, 3.63) is 18.0 Å². The van der Waals surface area contributed by atoms with Crippen LogP contribution in [0.5, 0.6) is 0 Å². The topological polar surface area (TPSA) is 58.6 Å². The first-order chi connectivity index (χ1) is 10.5. The third kappa shape index (κ3) is 2.92. The number of aryl methyl sites for hydroxylation is 1. The summed E-state index contributed by atoms with van der Waals surface area (Å²) in [4.78, 5) is 24.8. The second-order valence-electron chi connectivity index (χ2n) is 6.82. The van der Waals surface area contributed by atoms with E-state index in [-0.39, 0.29) is 17.4 Å². The Morgan fingerprint density at radius 1 is 1.41 bits per heavy atom. The normalized spacial score (nSPS) is 28.1. The van der Waals surface area contributed by atoms with Crippen molar-refractivity contribution in [3.63, 3.8) is 0 Å². The van der Waals surface area contributed by atoms with Gasteiger partial charge in [0.2, 0.25) is 5.95 Å². The highest BCUT2D eigenvalue weighted by molar-refractivity contribution is 5.80. The van der Waals surface area contributed by atoms with Gasteiger partial charge in [0.1, 0.15) is 6.10 Å². The molecule has 2 aliphatic rings. The molecule has 6 nitrogen and oxygen atoms in total. The molecular weight excluding hydrogens is 280 g/mol. The number of piperidine rings is 1. The van der Waals surface area contributed by atoms with E-state index in [0.29, 0.717) is 6.61 Å². The summed E-state index contributed by atoms with van der Waals surface area (Å²) in [6, 6.07) is 0. The van der Waals surface area contributed by atoms with Gasteiger partial charge >= 0.3 is 0 Å². The summed E-state index contributed by atoms with van der Waals surface area (Å²) in [7, 11) is 3.56. The number of aromatic nitrogens is 2. The lowest BCUT2D eigenvalue weighted by Crippen LogP contribution is -2.45. The molecule has 1 spiro atoms. The molecule has 0 N–H and O–H groups in total. The van der Waals surface area contributed by atoms with Gasteiger partial charge in [0, 0.05) is 45.0 Å². The van der Waals surface area contributed by atoms with E-state index in [1.165, 1.54) is 0 Å². The van der Waals surface area contributed by atoms with Crippen LogP contribution in [0.2, 0.25) is 0 Å². The highest BCUT2D eigenvalue weighted by atomic mass is 16.5. The van der Waals surface area contributed by atoms with Gasteiger partial charge in [0.05, 0.1) is 6.61 Å². The molecule has 22 heavy (non-hydrogen) atoms. The highest BCUT2D eigenvalue weighted by Gasteiger charge is 2.46. The molecule has 0 unspecified atom stereocenters. The van der Waals surface area contributed by atoms with Crippen LogP contribution in [0.1, 0.15) is 24.8 Å². The minimum Gasteiger partial charge on any atom is -0.368 e. The summed E-state index contributed by atoms with van der Waals surface area (Å²) in [5, 5.41) is 0. The van der Waals surface area contributed by atoms with Gasteiger partial charge in [-0.05, 0) is 31.7 Å². The van der Waals surface area contributed by atoms with E-state index in [2.05, 4.69) is 14.9 Å². The number of likely N-dealkylation sites (N-methyl/N-ethyl adjacent to an activating group) is 1. The van der Waals surface area contributed by atoms with Crippen LogP contribution in [0.4, 0.5) is 5.95 Å². The maximum Gasteiger partial charge on any atom is 0.251 e. The molecular formula is C16H24N4O2. The van der Waals surface area contributed by atoms with Crippen LogP contribution in [-0.4, -0.2) is 60.7 Å². The summed E-state index contributed by atoms with van der Waals surface area (Å²) in [6.45, 7) is 4.48. The molecule has 3 heterocycles. The van der Waals surface area contributed by atoms with Crippen LogP contribution in [0.3, 0.4) is 0 Å². The van der Waals surface area contributed by atoms with Gasteiger partial charge in [-0.1, -0.05) is 0 Å². The number of carbonyl (C=O) groups excluding carboxylic acids is 1. The molecule has 0 aromatic carbocycles. The number of hydrogen-bond acceptors (Lipinski definition) is 5. The minimum absolute atomic E-state index is 0.0584. The lowest BCUT2D eigenvalue weighted by molar-refractivity contribution is -0.138. The first-order valence-corrected chi connectivity index (χ1v) is 7.85. The van der Waals surface area contributed by atoms with E-state index in [1.807, 2.05) is 19.3 Å². The molecule has 0 aliphatic carbocycles. The second-order valence-corrected chi connectivity index (χ2v) is 6.82. The summed E-state index contributed by atoms with van der Waals surface area (Å²) < 4.78 is 5.81. The van der Waals surface area contributed by atoms with Gasteiger partial charge < -0.3 is 14.5 Å². The fourth-order valence-corrected chi connectivity index (χ4v) is 3.45. The first kappa shape index (κ1) is 15.2. The Kier molecular flexibility index (Phi) is 4.04. The third-order valence-electron chi connectivity index (χ3n) is 4.64. The van der Waals surface area contributed by atoms with E-state index in [0.717, 1.165) is 43.9 Å². The van der Waals surface area contributed by atoms with Crippen LogP contribution in [0, 0.1) is 12.3 Å². The SMILES string of the molecule is Cc1cnc(N2CCC[C@]3(CO[C@@H](C(=O)N(C)C)C3)C2)nc1. The summed E-state index contributed by atoms with van der Waals surface area (Å²) in [6.07, 6.45) is 6.40. The average Bonchev–Trinajstić information content (AvgIpc) is 2.90. The van der Waals surface area contributed by atoms with Crippen molar-refractivity contribution < 1.29 is 9.53 Å². The molecule has 2 aliphatic heterocycles. The monoisotopic (exact) mass is 304 g/mol. The van der Waals surface area contributed by atoms with E-state index in [1.54, 1.807) is 19.0 Å². The quantitative estimate of drug-likeness (QED) is 0.823. The van der Waals surface area contributed by atoms with Gasteiger partial charge in [0.25, 0.3) is 5.91 Å². The van der Waals surface area contributed by atoms with Crippen LogP contribution < -0.4 is 4.90 Å². The highest BCUT2D eigenvalue weighted by Crippen LogP contribution is 2.41. The Morgan fingerprint density at radius 3 is 2.82 bits per heavy atom. The Balaban J connectivity index is 1.71. The first-order valence-electron chi connectivity index (χ1n) is 7.85. The molecule has 2 atom stereocenters. The van der Waals surface area contributed by atoms with Crippen LogP contribution in [0.25, 0.3) is 0 Å². The zero-order valence-electron chi connectivity index (χ0n) is 13.6. The molecule has 1 aromatic rings. The molecule has 1 aromatic heterocycles. The molecule has 3 rings (SSSR count). The van der Waals surface area contributed by atoms with Crippen LogP contribution in [0.15, 0.2) is 12.4 Å². The lowest BCUT2D eigenvalue weighted by Gasteiger charge is -2.39. The summed E-state index contributed by atoms with van der Waals surface area (Å²) in [5.74, 6) is 0.854. The average molecular weight is 304 g/mol. The molecule has 0 bridgehead atoms. The fourth-order valence-electron chi connectivity index (χ4n) is 3.45. The molecule has 2 saturated heterocycles. The van der Waals surface area contributed by atoms with E-state index in [4.69, 9.17) is 4.74 Å². The summed E-state index contributed by atoms with van der Waals surface area (Å²) >= 11 is 0. The fraction of sp³-hybridized carbons (Fsp3) is 0.688. The van der Waals surface area contributed by atoms with Gasteiger partial charge in [-0.2, -0.15) is 0 Å². The number of amides is 1. The van der Waals surface area contributed by atoms with E-state index in [9.17, 15) is 4.79 Å². The number of hydrogen-bond donors (Lipinski definition) is 0. The molecule has 6 heteroatoms. The zero-order valence-corrected chi connectivity index (χ0v) is 13.6. The number of anilines is 1. The van der Waals surface area contributed by atoms with E-state index < -0.39 is 0 Å². The maximum atomic E-state index is 12.1. The van der Waals surface area contributed by atoms with Gasteiger partial charge in [-0.3, -0.25) is 4.79 Å². The predicted molar refractivity (Wildman–Crippen MR) is 83.7 cm³/mol. The number of rotatable bonds is 2. The largest absolute Gasteiger partial charge is 0.368 e. The Bertz CT molecular complexity index is 546. The zero-order chi connectivity index (χ0) is 15.7.